The minimum atomic E-state index is -0.607. The lowest BCUT2D eigenvalue weighted by molar-refractivity contribution is -0.145. The molecule has 0 aliphatic heterocycles. The first-order valence-corrected chi connectivity index (χ1v) is 9.76. The van der Waals surface area contributed by atoms with E-state index in [0.717, 1.165) is 16.1 Å². The van der Waals surface area contributed by atoms with Crippen LogP contribution in [0.2, 0.25) is 0 Å². The normalized spacial score (nSPS) is 11.3. The molecule has 0 atom stereocenters. The molecular formula is C20H18N4O4S. The summed E-state index contributed by atoms with van der Waals surface area (Å²) < 4.78 is 7.95. The maximum absolute atomic E-state index is 12.7. The standard InChI is InChI=1S/C20H18N4O4S/c1-11-5-4-6-15-22-14(7-16(25)24(11)15)9-28-17(26)8-23-10-21-19-18(20(23)27)12(2)13(3)29-19/h4-7,10H,8-9H2,1-3H3. The van der Waals surface area contributed by atoms with Crippen LogP contribution in [0.15, 0.2) is 40.2 Å². The molecular weight excluding hydrogens is 392 g/mol. The molecule has 29 heavy (non-hydrogen) atoms. The van der Waals surface area contributed by atoms with Crippen LogP contribution in [0.1, 0.15) is 21.8 Å². The molecule has 0 aliphatic rings. The second kappa shape index (κ2) is 7.25. The highest BCUT2D eigenvalue weighted by Crippen LogP contribution is 2.25. The first-order chi connectivity index (χ1) is 13.8. The molecule has 0 amide bonds. The third-order valence-corrected chi connectivity index (χ3v) is 5.88. The average Bonchev–Trinajstić information content (AvgIpc) is 2.97. The maximum atomic E-state index is 12.7. The van der Waals surface area contributed by atoms with Gasteiger partial charge in [-0.2, -0.15) is 0 Å². The molecule has 0 spiro atoms. The lowest BCUT2D eigenvalue weighted by Gasteiger charge is -2.08. The minimum absolute atomic E-state index is 0.153. The van der Waals surface area contributed by atoms with Crippen LogP contribution in [-0.2, 0) is 22.7 Å². The van der Waals surface area contributed by atoms with E-state index in [-0.39, 0.29) is 24.3 Å². The van der Waals surface area contributed by atoms with E-state index in [2.05, 4.69) is 9.97 Å². The van der Waals surface area contributed by atoms with Crippen LogP contribution in [-0.4, -0.2) is 24.9 Å². The van der Waals surface area contributed by atoms with E-state index in [0.29, 0.717) is 21.6 Å². The number of esters is 1. The van der Waals surface area contributed by atoms with Crippen molar-refractivity contribution in [1.29, 1.82) is 0 Å². The number of rotatable bonds is 4. The number of thiophene rings is 1. The van der Waals surface area contributed by atoms with E-state index in [9.17, 15) is 14.4 Å². The summed E-state index contributed by atoms with van der Waals surface area (Å²) in [5.74, 6) is -0.607. The van der Waals surface area contributed by atoms with E-state index in [1.54, 1.807) is 12.1 Å². The van der Waals surface area contributed by atoms with Gasteiger partial charge in [-0.25, -0.2) is 9.97 Å². The van der Waals surface area contributed by atoms with Gasteiger partial charge in [-0.3, -0.25) is 23.4 Å². The minimum Gasteiger partial charge on any atom is -0.458 e. The average molecular weight is 410 g/mol. The van der Waals surface area contributed by atoms with Crippen LogP contribution in [0.25, 0.3) is 15.9 Å². The summed E-state index contributed by atoms with van der Waals surface area (Å²) in [4.78, 5) is 47.5. The van der Waals surface area contributed by atoms with Crippen LogP contribution >= 0.6 is 11.3 Å². The number of ether oxygens (including phenoxy) is 1. The first-order valence-electron chi connectivity index (χ1n) is 8.94. The molecule has 4 aromatic rings. The molecule has 0 saturated heterocycles. The van der Waals surface area contributed by atoms with Gasteiger partial charge in [0, 0.05) is 16.6 Å². The Morgan fingerprint density at radius 2 is 2.00 bits per heavy atom. The summed E-state index contributed by atoms with van der Waals surface area (Å²) in [7, 11) is 0. The highest BCUT2D eigenvalue weighted by atomic mass is 32.1. The third-order valence-electron chi connectivity index (χ3n) is 4.77. The molecule has 0 radical (unpaired) electrons. The summed E-state index contributed by atoms with van der Waals surface area (Å²) in [5, 5.41) is 0.530. The zero-order valence-corrected chi connectivity index (χ0v) is 16.9. The number of fused-ring (bicyclic) bond motifs is 2. The van der Waals surface area contributed by atoms with Crippen molar-refractivity contribution < 1.29 is 9.53 Å². The number of pyridine rings is 1. The Balaban J connectivity index is 1.53. The van der Waals surface area contributed by atoms with E-state index < -0.39 is 5.97 Å². The number of hydrogen-bond acceptors (Lipinski definition) is 7. The predicted octanol–water partition coefficient (Wildman–Crippen LogP) is 2.13. The van der Waals surface area contributed by atoms with E-state index in [1.165, 1.54) is 32.7 Å². The zero-order valence-electron chi connectivity index (χ0n) is 16.1. The zero-order chi connectivity index (χ0) is 20.7. The lowest BCUT2D eigenvalue weighted by atomic mass is 10.2. The molecule has 148 valence electrons. The van der Waals surface area contributed by atoms with E-state index in [1.807, 2.05) is 26.8 Å². The molecule has 0 aromatic carbocycles. The number of aryl methyl sites for hydroxylation is 3. The lowest BCUT2D eigenvalue weighted by Crippen LogP contribution is -2.26. The van der Waals surface area contributed by atoms with Gasteiger partial charge in [-0.1, -0.05) is 6.07 Å². The number of aromatic nitrogens is 4. The molecule has 0 bridgehead atoms. The van der Waals surface area contributed by atoms with Gasteiger partial charge in [0.1, 0.15) is 23.6 Å². The van der Waals surface area contributed by atoms with Gasteiger partial charge in [0.15, 0.2) is 0 Å². The summed E-state index contributed by atoms with van der Waals surface area (Å²) in [5.41, 5.74) is 1.96. The van der Waals surface area contributed by atoms with Gasteiger partial charge in [0.05, 0.1) is 17.4 Å². The summed E-state index contributed by atoms with van der Waals surface area (Å²) in [6.07, 6.45) is 1.35. The van der Waals surface area contributed by atoms with E-state index >= 15 is 0 Å². The smallest absolute Gasteiger partial charge is 0.326 e. The van der Waals surface area contributed by atoms with Crippen LogP contribution < -0.4 is 11.1 Å². The van der Waals surface area contributed by atoms with Crippen molar-refractivity contribution in [3.05, 3.63) is 73.1 Å². The van der Waals surface area contributed by atoms with Crippen molar-refractivity contribution in [1.82, 2.24) is 18.9 Å². The van der Waals surface area contributed by atoms with Crippen molar-refractivity contribution in [2.45, 2.75) is 33.9 Å². The quantitative estimate of drug-likeness (QED) is 0.478. The number of carbonyl (C=O) groups excluding carboxylic acids is 1. The fraction of sp³-hybridized carbons (Fsp3) is 0.250. The highest BCUT2D eigenvalue weighted by molar-refractivity contribution is 7.18. The molecule has 4 rings (SSSR count). The first kappa shape index (κ1) is 19.0. The predicted molar refractivity (Wildman–Crippen MR) is 109 cm³/mol. The van der Waals surface area contributed by atoms with Gasteiger partial charge < -0.3 is 4.74 Å². The molecule has 8 nitrogen and oxygen atoms in total. The van der Waals surface area contributed by atoms with Gasteiger partial charge >= 0.3 is 5.97 Å². The van der Waals surface area contributed by atoms with Crippen LogP contribution in [0, 0.1) is 20.8 Å². The molecule has 4 aromatic heterocycles. The van der Waals surface area contributed by atoms with Crippen LogP contribution in [0.4, 0.5) is 0 Å². The highest BCUT2D eigenvalue weighted by Gasteiger charge is 2.14. The monoisotopic (exact) mass is 410 g/mol. The molecule has 0 N–H and O–H groups in total. The van der Waals surface area contributed by atoms with Crippen LogP contribution in [0.5, 0.6) is 0 Å². The summed E-state index contributed by atoms with van der Waals surface area (Å²) >= 11 is 1.45. The Labute approximate surface area is 169 Å². The molecule has 4 heterocycles. The number of hydrogen-bond donors (Lipinski definition) is 0. The number of nitrogens with zero attached hydrogens (tertiary/aromatic N) is 4. The van der Waals surface area contributed by atoms with Crippen molar-refractivity contribution >= 4 is 33.2 Å². The van der Waals surface area contributed by atoms with Gasteiger partial charge in [0.25, 0.3) is 11.1 Å². The fourth-order valence-corrected chi connectivity index (χ4v) is 4.15. The molecule has 9 heteroatoms. The summed E-state index contributed by atoms with van der Waals surface area (Å²) in [6.45, 7) is 5.20. The van der Waals surface area contributed by atoms with Crippen LogP contribution in [0.3, 0.4) is 0 Å². The molecule has 0 aliphatic carbocycles. The Morgan fingerprint density at radius 3 is 2.79 bits per heavy atom. The topological polar surface area (TPSA) is 95.6 Å². The van der Waals surface area contributed by atoms with Crippen molar-refractivity contribution in [2.75, 3.05) is 0 Å². The Morgan fingerprint density at radius 1 is 1.21 bits per heavy atom. The largest absolute Gasteiger partial charge is 0.458 e. The maximum Gasteiger partial charge on any atom is 0.326 e. The van der Waals surface area contributed by atoms with Crippen molar-refractivity contribution in [3.8, 4) is 0 Å². The Hall–Kier alpha value is -3.33. The second-order valence-corrected chi connectivity index (χ2v) is 7.95. The van der Waals surface area contributed by atoms with Crippen molar-refractivity contribution in [3.63, 3.8) is 0 Å². The Kier molecular flexibility index (Phi) is 4.75. The summed E-state index contributed by atoms with van der Waals surface area (Å²) in [6, 6.07) is 6.67. The molecule has 0 fully saturated rings. The van der Waals surface area contributed by atoms with Crippen molar-refractivity contribution in [2.24, 2.45) is 0 Å². The Bertz CT molecular complexity index is 1380. The number of carbonyl (C=O) groups is 1. The van der Waals surface area contributed by atoms with Gasteiger partial charge in [-0.15, -0.1) is 11.3 Å². The third kappa shape index (κ3) is 3.44. The molecule has 0 unspecified atom stereocenters. The molecule has 0 saturated carbocycles. The SMILES string of the molecule is Cc1sc2ncn(CC(=O)OCc3cc(=O)n4c(C)cccc4n3)c(=O)c2c1C. The van der Waals surface area contributed by atoms with Gasteiger partial charge in [0.2, 0.25) is 0 Å². The van der Waals surface area contributed by atoms with E-state index in [4.69, 9.17) is 4.74 Å². The second-order valence-electron chi connectivity index (χ2n) is 6.75. The fourth-order valence-electron chi connectivity index (χ4n) is 3.16. The van der Waals surface area contributed by atoms with Gasteiger partial charge in [-0.05, 0) is 38.5 Å².